The first-order chi connectivity index (χ1) is 8.03. The molecule has 3 N–H and O–H groups in total. The molecule has 1 aliphatic heterocycles. The molecule has 1 aliphatic rings. The predicted octanol–water partition coefficient (Wildman–Crippen LogP) is 1.05. The maximum absolute atomic E-state index is 5.61. The van der Waals surface area contributed by atoms with E-state index in [0.717, 1.165) is 13.0 Å². The topological polar surface area (TPSA) is 82.3 Å². The molecule has 17 heavy (non-hydrogen) atoms. The quantitative estimate of drug-likeness (QED) is 0.819. The van der Waals surface area contributed by atoms with Gasteiger partial charge in [-0.3, -0.25) is 0 Å². The molecule has 1 aromatic heterocycles. The molecule has 1 aromatic rings. The third-order valence-corrected chi connectivity index (χ3v) is 3.23. The Balaban J connectivity index is 2.20. The first kappa shape index (κ1) is 11.9. The number of rotatable bonds is 3. The number of nitrogens with zero attached hydrogens (tertiary/aromatic N) is 2. The van der Waals surface area contributed by atoms with Gasteiger partial charge >= 0.3 is 0 Å². The molecule has 0 bridgehead atoms. The maximum Gasteiger partial charge on any atom is 0.225 e. The molecule has 2 rings (SSSR count). The zero-order valence-corrected chi connectivity index (χ0v) is 10.4. The number of methoxy groups -OCH3 is 1. The van der Waals surface area contributed by atoms with Crippen LogP contribution < -0.4 is 15.8 Å². The van der Waals surface area contributed by atoms with Crippen molar-refractivity contribution in [3.63, 3.8) is 0 Å². The maximum atomic E-state index is 5.61. The van der Waals surface area contributed by atoms with Crippen LogP contribution in [0.25, 0.3) is 0 Å². The minimum atomic E-state index is -0.133. The molecule has 6 nitrogen and oxygen atoms in total. The van der Waals surface area contributed by atoms with Crippen molar-refractivity contribution in [2.24, 2.45) is 0 Å². The lowest BCUT2D eigenvalue weighted by Gasteiger charge is -2.29. The van der Waals surface area contributed by atoms with Crippen LogP contribution in [0.4, 0.5) is 11.8 Å². The summed E-state index contributed by atoms with van der Waals surface area (Å²) < 4.78 is 10.6. The van der Waals surface area contributed by atoms with Crippen molar-refractivity contribution in [1.29, 1.82) is 0 Å². The van der Waals surface area contributed by atoms with Gasteiger partial charge in [-0.25, -0.2) is 0 Å². The van der Waals surface area contributed by atoms with Gasteiger partial charge < -0.3 is 20.5 Å². The second kappa shape index (κ2) is 4.37. The average Bonchev–Trinajstić information content (AvgIpc) is 2.58. The Bertz CT molecular complexity index is 412. The first-order valence-electron chi connectivity index (χ1n) is 5.62. The van der Waals surface area contributed by atoms with E-state index < -0.39 is 0 Å². The zero-order chi connectivity index (χ0) is 12.5. The number of hydrogen-bond donors (Lipinski definition) is 2. The van der Waals surface area contributed by atoms with Crippen LogP contribution in [0.1, 0.15) is 20.3 Å². The summed E-state index contributed by atoms with van der Waals surface area (Å²) in [6.45, 7) is 4.90. The zero-order valence-electron chi connectivity index (χ0n) is 10.4. The van der Waals surface area contributed by atoms with Gasteiger partial charge in [-0.1, -0.05) is 0 Å². The summed E-state index contributed by atoms with van der Waals surface area (Å²) >= 11 is 0. The van der Waals surface area contributed by atoms with E-state index in [1.807, 2.05) is 6.92 Å². The Morgan fingerprint density at radius 1 is 1.59 bits per heavy atom. The molecule has 0 saturated carbocycles. The van der Waals surface area contributed by atoms with E-state index in [1.165, 1.54) is 0 Å². The third-order valence-electron chi connectivity index (χ3n) is 3.23. The Hall–Kier alpha value is -1.56. The lowest BCUT2D eigenvalue weighted by molar-refractivity contribution is 0.105. The molecule has 94 valence electrons. The van der Waals surface area contributed by atoms with E-state index in [2.05, 4.69) is 22.2 Å². The minimum Gasteiger partial charge on any atom is -0.481 e. The fourth-order valence-electron chi connectivity index (χ4n) is 1.90. The second-order valence-electron chi connectivity index (χ2n) is 4.46. The minimum absolute atomic E-state index is 0.129. The van der Waals surface area contributed by atoms with Gasteiger partial charge in [-0.15, -0.1) is 0 Å². The molecule has 1 fully saturated rings. The van der Waals surface area contributed by atoms with Crippen molar-refractivity contribution in [1.82, 2.24) is 9.97 Å². The summed E-state index contributed by atoms with van der Waals surface area (Å²) in [4.78, 5) is 8.09. The molecule has 0 spiro atoms. The number of nitrogen functional groups attached to an aromatic ring is 1. The molecule has 0 amide bonds. The Morgan fingerprint density at radius 3 is 2.94 bits per heavy atom. The van der Waals surface area contributed by atoms with Crippen LogP contribution >= 0.6 is 0 Å². The molecule has 2 atom stereocenters. The van der Waals surface area contributed by atoms with Gasteiger partial charge in [-0.05, 0) is 20.3 Å². The Morgan fingerprint density at radius 2 is 2.35 bits per heavy atom. The van der Waals surface area contributed by atoms with Gasteiger partial charge in [0, 0.05) is 12.7 Å². The van der Waals surface area contributed by atoms with E-state index in [9.17, 15) is 0 Å². The number of nitrogens with two attached hydrogens (primary N) is 1. The van der Waals surface area contributed by atoms with E-state index in [4.69, 9.17) is 15.2 Å². The second-order valence-corrected chi connectivity index (χ2v) is 4.46. The number of anilines is 2. The fourth-order valence-corrected chi connectivity index (χ4v) is 1.90. The summed E-state index contributed by atoms with van der Waals surface area (Å²) in [6, 6.07) is 1.73. The van der Waals surface area contributed by atoms with E-state index in [-0.39, 0.29) is 17.6 Å². The van der Waals surface area contributed by atoms with Gasteiger partial charge in [0.2, 0.25) is 11.8 Å². The van der Waals surface area contributed by atoms with Crippen LogP contribution in [0.3, 0.4) is 0 Å². The van der Waals surface area contributed by atoms with Crippen molar-refractivity contribution >= 4 is 11.8 Å². The highest BCUT2D eigenvalue weighted by atomic mass is 16.5. The lowest BCUT2D eigenvalue weighted by atomic mass is 9.95. The molecular weight excluding hydrogens is 220 g/mol. The van der Waals surface area contributed by atoms with Crippen molar-refractivity contribution in [2.45, 2.75) is 31.9 Å². The monoisotopic (exact) mass is 238 g/mol. The number of aromatic nitrogens is 2. The summed E-state index contributed by atoms with van der Waals surface area (Å²) in [5.74, 6) is 1.31. The molecule has 2 heterocycles. The molecule has 2 unspecified atom stereocenters. The van der Waals surface area contributed by atoms with Gasteiger partial charge in [0.15, 0.2) is 0 Å². The SMILES string of the molecule is COc1cc(NC2(C)CCOC2C)nc(N)n1. The Kier molecular flexibility index (Phi) is 3.06. The van der Waals surface area contributed by atoms with E-state index in [0.29, 0.717) is 11.7 Å². The summed E-state index contributed by atoms with van der Waals surface area (Å²) in [5, 5.41) is 3.35. The number of ether oxygens (including phenoxy) is 2. The van der Waals surface area contributed by atoms with Crippen LogP contribution in [-0.4, -0.2) is 35.3 Å². The smallest absolute Gasteiger partial charge is 0.225 e. The number of hydrogen-bond acceptors (Lipinski definition) is 6. The van der Waals surface area contributed by atoms with E-state index >= 15 is 0 Å². The van der Waals surface area contributed by atoms with Gasteiger partial charge in [-0.2, -0.15) is 9.97 Å². The van der Waals surface area contributed by atoms with Crippen molar-refractivity contribution in [3.8, 4) is 5.88 Å². The normalized spacial score (nSPS) is 28.1. The van der Waals surface area contributed by atoms with Crippen LogP contribution in [0.2, 0.25) is 0 Å². The van der Waals surface area contributed by atoms with E-state index in [1.54, 1.807) is 13.2 Å². The molecule has 6 heteroatoms. The highest BCUT2D eigenvalue weighted by Gasteiger charge is 2.37. The van der Waals surface area contributed by atoms with Crippen LogP contribution in [0, 0.1) is 0 Å². The molecule has 1 saturated heterocycles. The van der Waals surface area contributed by atoms with Crippen molar-refractivity contribution < 1.29 is 9.47 Å². The van der Waals surface area contributed by atoms with Crippen LogP contribution in [0.5, 0.6) is 5.88 Å². The van der Waals surface area contributed by atoms with Gasteiger partial charge in [0.05, 0.1) is 18.8 Å². The summed E-state index contributed by atoms with van der Waals surface area (Å²) in [6.07, 6.45) is 1.06. The molecule has 0 aromatic carbocycles. The fraction of sp³-hybridized carbons (Fsp3) is 0.636. The van der Waals surface area contributed by atoms with Crippen LogP contribution in [-0.2, 0) is 4.74 Å². The average molecular weight is 238 g/mol. The van der Waals surface area contributed by atoms with Crippen molar-refractivity contribution in [3.05, 3.63) is 6.07 Å². The van der Waals surface area contributed by atoms with Gasteiger partial charge in [0.1, 0.15) is 5.82 Å². The van der Waals surface area contributed by atoms with Crippen molar-refractivity contribution in [2.75, 3.05) is 24.8 Å². The highest BCUT2D eigenvalue weighted by Crippen LogP contribution is 2.29. The molecule has 0 radical (unpaired) electrons. The third kappa shape index (κ3) is 2.41. The van der Waals surface area contributed by atoms with Gasteiger partial charge in [0.25, 0.3) is 0 Å². The predicted molar refractivity (Wildman–Crippen MR) is 65.1 cm³/mol. The first-order valence-corrected chi connectivity index (χ1v) is 5.62. The Labute approximate surface area is 101 Å². The largest absolute Gasteiger partial charge is 0.481 e. The standard InChI is InChI=1S/C11H18N4O2/c1-7-11(2,4-5-17-7)15-8-6-9(16-3)14-10(12)13-8/h6-7H,4-5H2,1-3H3,(H3,12,13,14,15). The lowest BCUT2D eigenvalue weighted by Crippen LogP contribution is -2.41. The van der Waals surface area contributed by atoms with Crippen LogP contribution in [0.15, 0.2) is 6.07 Å². The number of nitrogens with one attached hydrogen (secondary N) is 1. The summed E-state index contributed by atoms with van der Waals surface area (Å²) in [7, 11) is 1.55. The highest BCUT2D eigenvalue weighted by molar-refractivity contribution is 5.45. The molecular formula is C11H18N4O2. The molecule has 0 aliphatic carbocycles. The summed E-state index contributed by atoms with van der Waals surface area (Å²) in [5.41, 5.74) is 5.48.